The summed E-state index contributed by atoms with van der Waals surface area (Å²) in [4.78, 5) is 4.98. The average molecular weight is 457 g/mol. The Morgan fingerprint density at radius 1 is 1.12 bits per heavy atom. The van der Waals surface area contributed by atoms with Gasteiger partial charge in [-0.05, 0) is 50.8 Å². The molecule has 0 amide bonds. The maximum atomic E-state index is 6.45. The van der Waals surface area contributed by atoms with Crippen LogP contribution in [0.2, 0.25) is 5.02 Å². The lowest BCUT2D eigenvalue weighted by molar-refractivity contribution is 0.400. The first kappa shape index (κ1) is 22.6. The number of hydrogen-bond donors (Lipinski definition) is 4. The predicted molar refractivity (Wildman–Crippen MR) is 132 cm³/mol. The molecule has 1 aliphatic carbocycles. The van der Waals surface area contributed by atoms with Crippen LogP contribution in [0.4, 0.5) is 23.1 Å². The van der Waals surface area contributed by atoms with Crippen molar-refractivity contribution in [3.63, 3.8) is 0 Å². The molecular formula is C23H33ClN8. The van der Waals surface area contributed by atoms with Crippen LogP contribution in [-0.2, 0) is 0 Å². The van der Waals surface area contributed by atoms with Gasteiger partial charge in [-0.25, -0.2) is 0 Å². The van der Waals surface area contributed by atoms with Gasteiger partial charge in [-0.3, -0.25) is 0 Å². The van der Waals surface area contributed by atoms with E-state index in [0.717, 1.165) is 41.6 Å². The highest BCUT2D eigenvalue weighted by Crippen LogP contribution is 2.39. The molecule has 0 saturated heterocycles. The molecule has 0 aromatic heterocycles. The monoisotopic (exact) mass is 456 g/mol. The summed E-state index contributed by atoms with van der Waals surface area (Å²) in [6.07, 6.45) is 4.40. The van der Waals surface area contributed by atoms with Gasteiger partial charge in [-0.1, -0.05) is 38.3 Å². The van der Waals surface area contributed by atoms with Crippen molar-refractivity contribution < 1.29 is 0 Å². The van der Waals surface area contributed by atoms with Crippen molar-refractivity contribution in [3.05, 3.63) is 28.9 Å². The smallest absolute Gasteiger partial charge is 0.205 e. The van der Waals surface area contributed by atoms with E-state index in [1.165, 1.54) is 12.8 Å². The molecule has 1 fully saturated rings. The van der Waals surface area contributed by atoms with Gasteiger partial charge in [0.05, 0.1) is 22.1 Å². The summed E-state index contributed by atoms with van der Waals surface area (Å²) in [7, 11) is 0. The number of nitrogens with zero attached hydrogens (tertiary/aromatic N) is 4. The zero-order chi connectivity index (χ0) is 23.0. The normalized spacial score (nSPS) is 19.1. The minimum absolute atomic E-state index is 0.106. The second-order valence-electron chi connectivity index (χ2n) is 9.25. The number of hydrogen-bond acceptors (Lipinski definition) is 7. The highest BCUT2D eigenvalue weighted by molar-refractivity contribution is 6.33. The molecule has 1 aromatic carbocycles. The molecule has 9 heteroatoms. The summed E-state index contributed by atoms with van der Waals surface area (Å²) in [6.45, 7) is 8.56. The van der Waals surface area contributed by atoms with Crippen molar-refractivity contribution in [2.24, 2.45) is 5.73 Å². The van der Waals surface area contributed by atoms with Crippen LogP contribution in [-0.4, -0.2) is 31.8 Å². The molecule has 3 aliphatic rings. The van der Waals surface area contributed by atoms with Gasteiger partial charge in [-0.2, -0.15) is 10.1 Å². The number of halogens is 1. The zero-order valence-electron chi connectivity index (χ0n) is 19.2. The minimum atomic E-state index is 0.106. The van der Waals surface area contributed by atoms with Crippen LogP contribution < -0.4 is 22.1 Å². The Morgan fingerprint density at radius 3 is 2.53 bits per heavy atom. The van der Waals surface area contributed by atoms with E-state index in [0.29, 0.717) is 16.5 Å². The number of fused-ring (bicyclic) bond motifs is 1. The van der Waals surface area contributed by atoms with Crippen LogP contribution in [0.15, 0.2) is 18.2 Å². The fourth-order valence-corrected chi connectivity index (χ4v) is 4.50. The van der Waals surface area contributed by atoms with Crippen LogP contribution in [0.1, 0.15) is 71.0 Å². The lowest BCUT2D eigenvalue weighted by atomic mass is 9.91. The largest absolute Gasteiger partial charge is 0.397 e. The van der Waals surface area contributed by atoms with E-state index >= 15 is 0 Å². The van der Waals surface area contributed by atoms with Gasteiger partial charge in [0.25, 0.3) is 0 Å². The standard InChI is InChI=1S/C23H33ClN8/c1-12(2)19-21-20(31-30-19)22(27-14-9-10-15(24)17(26)11-14)29-23(32(21)13(3)4)28-18-8-6-5-7-16(18)25/h9-13,16,18,27H,5-8,25-26H2,1-4H3,(H,28,29). The van der Waals surface area contributed by atoms with E-state index < -0.39 is 0 Å². The van der Waals surface area contributed by atoms with E-state index in [4.69, 9.17) is 28.1 Å². The molecule has 0 radical (unpaired) electrons. The third kappa shape index (κ3) is 4.34. The third-order valence-corrected chi connectivity index (χ3v) is 6.44. The SMILES string of the molecule is CC(C)c1nnc2c(Nc3ccc(Cl)c(N)c3)nc(NC3CCCCC3N)n(C(C)C)c1-2. The van der Waals surface area contributed by atoms with Crippen LogP contribution in [0, 0.1) is 0 Å². The second-order valence-corrected chi connectivity index (χ2v) is 9.65. The molecule has 2 atom stereocenters. The number of aromatic nitrogens is 4. The lowest BCUT2D eigenvalue weighted by Crippen LogP contribution is -2.43. The topological polar surface area (TPSA) is 120 Å². The average Bonchev–Trinajstić information content (AvgIpc) is 3.17. The molecule has 2 unspecified atom stereocenters. The molecule has 0 bridgehead atoms. The van der Waals surface area contributed by atoms with Crippen molar-refractivity contribution in [1.82, 2.24) is 19.7 Å². The van der Waals surface area contributed by atoms with Gasteiger partial charge in [0.1, 0.15) is 0 Å². The van der Waals surface area contributed by atoms with Crippen molar-refractivity contribution in [2.75, 3.05) is 16.4 Å². The van der Waals surface area contributed by atoms with E-state index in [1.807, 2.05) is 6.07 Å². The lowest BCUT2D eigenvalue weighted by Gasteiger charge is -2.32. The summed E-state index contributed by atoms with van der Waals surface area (Å²) in [5.41, 5.74) is 16.4. The van der Waals surface area contributed by atoms with Gasteiger partial charge in [0, 0.05) is 23.8 Å². The van der Waals surface area contributed by atoms with Crippen molar-refractivity contribution >= 4 is 34.7 Å². The number of anilines is 4. The molecule has 8 nitrogen and oxygen atoms in total. The Labute approximate surface area is 194 Å². The molecule has 6 N–H and O–H groups in total. The third-order valence-electron chi connectivity index (χ3n) is 6.09. The summed E-state index contributed by atoms with van der Waals surface area (Å²) >= 11 is 6.10. The van der Waals surface area contributed by atoms with E-state index in [9.17, 15) is 0 Å². The number of rotatable bonds is 6. The Bertz CT molecular complexity index is 1060. The zero-order valence-corrected chi connectivity index (χ0v) is 19.9. The molecule has 0 spiro atoms. The van der Waals surface area contributed by atoms with Gasteiger partial charge in [0.15, 0.2) is 11.5 Å². The molecule has 2 heterocycles. The molecule has 1 aromatic rings. The van der Waals surface area contributed by atoms with Gasteiger partial charge in [-0.15, -0.1) is 5.10 Å². The molecule has 172 valence electrons. The Hall–Kier alpha value is -2.58. The summed E-state index contributed by atoms with van der Waals surface area (Å²) in [6, 6.07) is 5.88. The highest BCUT2D eigenvalue weighted by atomic mass is 35.5. The van der Waals surface area contributed by atoms with E-state index in [1.54, 1.807) is 12.1 Å². The maximum absolute atomic E-state index is 6.45. The Balaban J connectivity index is 1.84. The molecule has 4 rings (SSSR count). The van der Waals surface area contributed by atoms with Crippen LogP contribution in [0.25, 0.3) is 11.4 Å². The van der Waals surface area contributed by atoms with Crippen LogP contribution in [0.3, 0.4) is 0 Å². The van der Waals surface area contributed by atoms with E-state index in [2.05, 4.69) is 53.1 Å². The fourth-order valence-electron chi connectivity index (χ4n) is 4.38. The highest BCUT2D eigenvalue weighted by Gasteiger charge is 2.30. The van der Waals surface area contributed by atoms with Gasteiger partial charge in [0.2, 0.25) is 5.95 Å². The Kier molecular flexibility index (Phi) is 6.44. The van der Waals surface area contributed by atoms with Gasteiger partial charge >= 0.3 is 0 Å². The van der Waals surface area contributed by atoms with Crippen molar-refractivity contribution in [1.29, 1.82) is 0 Å². The first-order chi connectivity index (χ1) is 15.3. The van der Waals surface area contributed by atoms with Crippen LogP contribution >= 0.6 is 11.6 Å². The number of nitrogens with one attached hydrogen (secondary N) is 2. The Morgan fingerprint density at radius 2 is 1.88 bits per heavy atom. The molecule has 1 saturated carbocycles. The fraction of sp³-hybridized carbons (Fsp3) is 0.522. The quantitative estimate of drug-likeness (QED) is 0.379. The van der Waals surface area contributed by atoms with Crippen molar-refractivity contribution in [2.45, 2.75) is 77.4 Å². The summed E-state index contributed by atoms with van der Waals surface area (Å²) in [5.74, 6) is 1.62. The number of nitrogens with two attached hydrogens (primary N) is 2. The van der Waals surface area contributed by atoms with Crippen LogP contribution in [0.5, 0.6) is 0 Å². The maximum Gasteiger partial charge on any atom is 0.205 e. The number of nitrogen functional groups attached to an aromatic ring is 1. The number of benzene rings is 1. The minimum Gasteiger partial charge on any atom is -0.397 e. The molecular weight excluding hydrogens is 424 g/mol. The van der Waals surface area contributed by atoms with Crippen molar-refractivity contribution in [3.8, 4) is 11.4 Å². The molecule has 2 aliphatic heterocycles. The summed E-state index contributed by atoms with van der Waals surface area (Å²) in [5, 5.41) is 16.6. The van der Waals surface area contributed by atoms with Gasteiger partial charge < -0.3 is 26.7 Å². The second kappa shape index (κ2) is 9.11. The first-order valence-corrected chi connectivity index (χ1v) is 11.8. The predicted octanol–water partition coefficient (Wildman–Crippen LogP) is 5.14. The molecule has 32 heavy (non-hydrogen) atoms. The summed E-state index contributed by atoms with van der Waals surface area (Å²) < 4.78 is 2.20. The van der Waals surface area contributed by atoms with E-state index in [-0.39, 0.29) is 24.0 Å². The first-order valence-electron chi connectivity index (χ1n) is 11.4.